The molecule has 164 valence electrons. The number of carbonyl (C=O) groups is 1. The number of aromatic nitrogens is 2. The average Bonchev–Trinajstić information content (AvgIpc) is 3.42. The highest BCUT2D eigenvalue weighted by Crippen LogP contribution is 2.29. The number of oxazole rings is 1. The molecule has 0 atom stereocenters. The van der Waals surface area contributed by atoms with Crippen molar-refractivity contribution in [1.82, 2.24) is 9.97 Å². The van der Waals surface area contributed by atoms with Crippen LogP contribution in [-0.2, 0) is 11.2 Å². The fourth-order valence-corrected chi connectivity index (χ4v) is 3.67. The molecule has 1 amide bonds. The van der Waals surface area contributed by atoms with Gasteiger partial charge < -0.3 is 14.5 Å². The summed E-state index contributed by atoms with van der Waals surface area (Å²) in [4.78, 5) is 20.6. The Morgan fingerprint density at radius 2 is 2.00 bits per heavy atom. The zero-order valence-electron chi connectivity index (χ0n) is 16.7. The van der Waals surface area contributed by atoms with E-state index in [0.717, 1.165) is 12.1 Å². The molecule has 2 heterocycles. The van der Waals surface area contributed by atoms with Gasteiger partial charge in [0.05, 0.1) is 24.6 Å². The molecule has 0 aliphatic heterocycles. The maximum atomic E-state index is 13.9. The summed E-state index contributed by atoms with van der Waals surface area (Å²) in [6, 6.07) is 7.63. The van der Waals surface area contributed by atoms with Gasteiger partial charge in [0.25, 0.3) is 0 Å². The van der Waals surface area contributed by atoms with E-state index in [2.05, 4.69) is 15.3 Å². The first-order valence-electron chi connectivity index (χ1n) is 9.42. The quantitative estimate of drug-likeness (QED) is 0.397. The Morgan fingerprint density at radius 1 is 1.16 bits per heavy atom. The maximum absolute atomic E-state index is 13.9. The number of benzene rings is 2. The number of halogens is 3. The predicted octanol–water partition coefficient (Wildman–Crippen LogP) is 5.46. The normalized spacial score (nSPS) is 10.9. The minimum Gasteiger partial charge on any atom is -0.494 e. The molecule has 0 spiro atoms. The first-order chi connectivity index (χ1) is 15.4. The van der Waals surface area contributed by atoms with Gasteiger partial charge in [-0.1, -0.05) is 0 Å². The van der Waals surface area contributed by atoms with Gasteiger partial charge in [-0.15, -0.1) is 11.3 Å². The van der Waals surface area contributed by atoms with Gasteiger partial charge in [-0.25, -0.2) is 23.1 Å². The molecule has 0 saturated heterocycles. The number of thiazole rings is 1. The third kappa shape index (κ3) is 4.80. The lowest BCUT2D eigenvalue weighted by molar-refractivity contribution is -0.116. The number of anilines is 1. The molecule has 2 aromatic carbocycles. The SMILES string of the molecule is COc1ccc(-c2csc(NC(=O)CCc3ncc(-c4ccc(F)cc4F)o3)n2)cc1F. The van der Waals surface area contributed by atoms with E-state index >= 15 is 0 Å². The van der Waals surface area contributed by atoms with E-state index in [0.29, 0.717) is 16.4 Å². The smallest absolute Gasteiger partial charge is 0.226 e. The van der Waals surface area contributed by atoms with Crippen molar-refractivity contribution in [3.63, 3.8) is 0 Å². The molecular weight excluding hydrogens is 443 g/mol. The van der Waals surface area contributed by atoms with Crippen molar-refractivity contribution in [1.29, 1.82) is 0 Å². The molecule has 4 rings (SSSR count). The molecule has 0 aliphatic rings. The van der Waals surface area contributed by atoms with Gasteiger partial charge in [-0.05, 0) is 30.3 Å². The number of carbonyl (C=O) groups excluding carboxylic acids is 1. The molecule has 4 aromatic rings. The van der Waals surface area contributed by atoms with Crippen molar-refractivity contribution in [2.45, 2.75) is 12.8 Å². The van der Waals surface area contributed by atoms with Crippen molar-refractivity contribution in [3.8, 4) is 28.3 Å². The number of nitrogens with zero attached hydrogens (tertiary/aromatic N) is 2. The molecular formula is C22H16F3N3O3S. The second-order valence-electron chi connectivity index (χ2n) is 6.68. The van der Waals surface area contributed by atoms with E-state index in [1.807, 2.05) is 0 Å². The zero-order chi connectivity index (χ0) is 22.7. The van der Waals surface area contributed by atoms with Gasteiger partial charge in [0.1, 0.15) is 11.6 Å². The molecule has 1 N–H and O–H groups in total. The summed E-state index contributed by atoms with van der Waals surface area (Å²) in [7, 11) is 1.38. The number of amides is 1. The van der Waals surface area contributed by atoms with Crippen molar-refractivity contribution in [3.05, 3.63) is 71.3 Å². The van der Waals surface area contributed by atoms with Crippen LogP contribution in [0.4, 0.5) is 18.3 Å². The second-order valence-corrected chi connectivity index (χ2v) is 7.54. The van der Waals surface area contributed by atoms with Crippen LogP contribution >= 0.6 is 11.3 Å². The van der Waals surface area contributed by atoms with Crippen molar-refractivity contribution >= 4 is 22.4 Å². The summed E-state index contributed by atoms with van der Waals surface area (Å²) in [6.07, 6.45) is 1.55. The van der Waals surface area contributed by atoms with Crippen LogP contribution in [-0.4, -0.2) is 23.0 Å². The molecule has 32 heavy (non-hydrogen) atoms. The molecule has 10 heteroatoms. The van der Waals surface area contributed by atoms with Gasteiger partial charge in [0.2, 0.25) is 5.91 Å². The van der Waals surface area contributed by atoms with Crippen LogP contribution in [0.2, 0.25) is 0 Å². The highest BCUT2D eigenvalue weighted by atomic mass is 32.1. The standard InChI is InChI=1S/C22H16F3N3O3S/c1-30-18-5-2-12(8-16(18)25)17-11-32-22(27-17)28-20(29)6-7-21-26-10-19(31-21)14-4-3-13(23)9-15(14)24/h2-5,8-11H,6-7H2,1H3,(H,27,28,29). The average molecular weight is 459 g/mol. The van der Waals surface area contributed by atoms with Gasteiger partial charge in [0.15, 0.2) is 28.3 Å². The minimum absolute atomic E-state index is 0.0535. The van der Waals surface area contributed by atoms with Gasteiger partial charge in [-0.3, -0.25) is 4.79 Å². The van der Waals surface area contributed by atoms with Crippen molar-refractivity contribution in [2.75, 3.05) is 12.4 Å². The number of aryl methyl sites for hydroxylation is 1. The van der Waals surface area contributed by atoms with E-state index in [9.17, 15) is 18.0 Å². The van der Waals surface area contributed by atoms with Crippen LogP contribution in [0.15, 0.2) is 52.4 Å². The van der Waals surface area contributed by atoms with E-state index in [4.69, 9.17) is 9.15 Å². The Bertz CT molecular complexity index is 1270. The van der Waals surface area contributed by atoms with Crippen molar-refractivity contribution in [2.24, 2.45) is 0 Å². The number of hydrogen-bond donors (Lipinski definition) is 1. The van der Waals surface area contributed by atoms with Crippen LogP contribution in [0.1, 0.15) is 12.3 Å². The van der Waals surface area contributed by atoms with Gasteiger partial charge >= 0.3 is 0 Å². The van der Waals surface area contributed by atoms with Gasteiger partial charge in [0, 0.05) is 29.9 Å². The summed E-state index contributed by atoms with van der Waals surface area (Å²) in [5.74, 6) is -1.75. The van der Waals surface area contributed by atoms with E-state index < -0.39 is 17.5 Å². The molecule has 0 saturated carbocycles. The zero-order valence-corrected chi connectivity index (χ0v) is 17.5. The number of ether oxygens (including phenoxy) is 1. The largest absolute Gasteiger partial charge is 0.494 e. The number of hydrogen-bond acceptors (Lipinski definition) is 6. The summed E-state index contributed by atoms with van der Waals surface area (Å²) in [5.41, 5.74) is 1.16. The number of methoxy groups -OCH3 is 1. The van der Waals surface area contributed by atoms with Crippen LogP contribution in [0.25, 0.3) is 22.6 Å². The Kier molecular flexibility index (Phi) is 6.22. The predicted molar refractivity (Wildman–Crippen MR) is 113 cm³/mol. The lowest BCUT2D eigenvalue weighted by atomic mass is 10.1. The minimum atomic E-state index is -0.762. The van der Waals surface area contributed by atoms with E-state index in [1.165, 1.54) is 42.8 Å². The first kappa shape index (κ1) is 21.6. The summed E-state index contributed by atoms with van der Waals surface area (Å²) in [5, 5.41) is 4.74. The van der Waals surface area contributed by atoms with Crippen molar-refractivity contribution < 1.29 is 27.1 Å². The van der Waals surface area contributed by atoms with Crippen LogP contribution in [0, 0.1) is 17.5 Å². The third-order valence-corrected chi connectivity index (χ3v) is 5.27. The highest BCUT2D eigenvalue weighted by molar-refractivity contribution is 7.14. The van der Waals surface area contributed by atoms with Crippen LogP contribution in [0.3, 0.4) is 0 Å². The summed E-state index contributed by atoms with van der Waals surface area (Å²) in [6.45, 7) is 0. The van der Waals surface area contributed by atoms with Gasteiger partial charge in [-0.2, -0.15) is 0 Å². The Morgan fingerprint density at radius 3 is 2.75 bits per heavy atom. The summed E-state index contributed by atoms with van der Waals surface area (Å²) >= 11 is 1.21. The Balaban J connectivity index is 1.35. The molecule has 6 nitrogen and oxygen atoms in total. The molecule has 2 aromatic heterocycles. The molecule has 0 bridgehead atoms. The lowest BCUT2D eigenvalue weighted by Crippen LogP contribution is -2.12. The fourth-order valence-electron chi connectivity index (χ4n) is 2.93. The second kappa shape index (κ2) is 9.23. The molecule has 0 fully saturated rings. The first-order valence-corrected chi connectivity index (χ1v) is 10.3. The monoisotopic (exact) mass is 459 g/mol. The maximum Gasteiger partial charge on any atom is 0.226 e. The molecule has 0 aliphatic carbocycles. The van der Waals surface area contributed by atoms with Crippen LogP contribution in [0.5, 0.6) is 5.75 Å². The topological polar surface area (TPSA) is 77.2 Å². The van der Waals surface area contributed by atoms with Crippen LogP contribution < -0.4 is 10.1 Å². The Labute approximate surface area is 184 Å². The Hall–Kier alpha value is -3.66. The highest BCUT2D eigenvalue weighted by Gasteiger charge is 2.14. The summed E-state index contributed by atoms with van der Waals surface area (Å²) < 4.78 is 51.2. The third-order valence-electron chi connectivity index (χ3n) is 4.51. The number of nitrogens with one attached hydrogen (secondary N) is 1. The number of rotatable bonds is 7. The molecule has 0 unspecified atom stereocenters. The van der Waals surface area contributed by atoms with E-state index in [1.54, 1.807) is 11.4 Å². The van der Waals surface area contributed by atoms with E-state index in [-0.39, 0.29) is 41.7 Å². The molecule has 0 radical (unpaired) electrons. The lowest BCUT2D eigenvalue weighted by Gasteiger charge is -2.03. The fraction of sp³-hybridized carbons (Fsp3) is 0.136.